The molecule has 1 aliphatic heterocycles. The lowest BCUT2D eigenvalue weighted by atomic mass is 9.84. The van der Waals surface area contributed by atoms with Crippen LogP contribution in [-0.2, 0) is 15.1 Å². The Hall–Kier alpha value is -3.87. The molecule has 162 valence electrons. The van der Waals surface area contributed by atoms with Gasteiger partial charge in [-0.2, -0.15) is 0 Å². The predicted octanol–water partition coefficient (Wildman–Crippen LogP) is 4.97. The van der Waals surface area contributed by atoms with E-state index >= 15 is 0 Å². The van der Waals surface area contributed by atoms with E-state index in [-0.39, 0.29) is 12.2 Å². The first-order valence-corrected chi connectivity index (χ1v) is 10.3. The van der Waals surface area contributed by atoms with Crippen LogP contribution in [0.25, 0.3) is 16.8 Å². The first-order chi connectivity index (χ1) is 15.5. The molecule has 4 rings (SSSR count). The molecule has 32 heavy (non-hydrogen) atoms. The minimum atomic E-state index is -0.973. The Morgan fingerprint density at radius 2 is 1.78 bits per heavy atom. The molecular formula is C25H22FN3O3. The van der Waals surface area contributed by atoms with Gasteiger partial charge in [0.2, 0.25) is 0 Å². The molecule has 0 N–H and O–H groups in total. The Morgan fingerprint density at radius 3 is 2.41 bits per heavy atom. The molecular weight excluding hydrogens is 409 g/mol. The number of aromatic nitrogens is 2. The Balaban J connectivity index is 1.52. The number of hydrogen-bond acceptors (Lipinski definition) is 5. The second kappa shape index (κ2) is 9.09. The fourth-order valence-electron chi connectivity index (χ4n) is 3.93. The van der Waals surface area contributed by atoms with Crippen LogP contribution in [0.3, 0.4) is 0 Å². The van der Waals surface area contributed by atoms with E-state index in [4.69, 9.17) is 4.74 Å². The van der Waals surface area contributed by atoms with E-state index in [2.05, 4.69) is 16.5 Å². The molecule has 1 fully saturated rings. The fourth-order valence-corrected chi connectivity index (χ4v) is 3.93. The van der Waals surface area contributed by atoms with Crippen LogP contribution < -0.4 is 0 Å². The van der Waals surface area contributed by atoms with Crippen LogP contribution in [-0.4, -0.2) is 33.8 Å². The number of nitrogens with zero attached hydrogens (tertiary/aromatic N) is 3. The Bertz CT molecular complexity index is 1120. The number of halogens is 1. The number of aldehydes is 1. The molecule has 0 spiro atoms. The molecule has 1 aliphatic rings. The lowest BCUT2D eigenvalue weighted by Gasteiger charge is -2.42. The number of benzene rings is 2. The maximum Gasteiger partial charge on any atom is 0.415 e. The lowest BCUT2D eigenvalue weighted by molar-refractivity contribution is -0.110. The molecule has 1 amide bonds. The van der Waals surface area contributed by atoms with Gasteiger partial charge in [0, 0.05) is 43.0 Å². The number of carbonyl (C=O) groups is 2. The molecule has 0 radical (unpaired) electrons. The zero-order valence-corrected chi connectivity index (χ0v) is 17.4. The largest absolute Gasteiger partial charge is 0.438 e. The van der Waals surface area contributed by atoms with Gasteiger partial charge in [0.05, 0.1) is 0 Å². The molecule has 6 nitrogen and oxygen atoms in total. The highest BCUT2D eigenvalue weighted by Gasteiger charge is 2.42. The highest BCUT2D eigenvalue weighted by molar-refractivity contribution is 5.82. The van der Waals surface area contributed by atoms with Gasteiger partial charge in [0.15, 0.2) is 0 Å². The highest BCUT2D eigenvalue weighted by atomic mass is 19.1. The Labute approximate surface area is 185 Å². The van der Waals surface area contributed by atoms with E-state index in [1.807, 2.05) is 24.3 Å². The van der Waals surface area contributed by atoms with E-state index in [0.717, 1.165) is 23.0 Å². The third-order valence-electron chi connectivity index (χ3n) is 5.72. The van der Waals surface area contributed by atoms with Gasteiger partial charge < -0.3 is 9.53 Å². The van der Waals surface area contributed by atoms with Gasteiger partial charge in [-0.25, -0.2) is 19.2 Å². The molecule has 1 saturated heterocycles. The number of cyclic esters (lactones) is 1. The van der Waals surface area contributed by atoms with Crippen molar-refractivity contribution in [3.8, 4) is 11.1 Å². The van der Waals surface area contributed by atoms with Gasteiger partial charge in [-0.1, -0.05) is 43.0 Å². The summed E-state index contributed by atoms with van der Waals surface area (Å²) in [7, 11) is 0. The number of ether oxygens (including phenoxy) is 1. The smallest absolute Gasteiger partial charge is 0.415 e. The maximum atomic E-state index is 13.4. The van der Waals surface area contributed by atoms with Crippen LogP contribution in [0.15, 0.2) is 73.8 Å². The van der Waals surface area contributed by atoms with Crippen LogP contribution in [0.1, 0.15) is 30.4 Å². The van der Waals surface area contributed by atoms with Gasteiger partial charge >= 0.3 is 6.09 Å². The normalized spacial score (nSPS) is 18.2. The Morgan fingerprint density at radius 1 is 1.09 bits per heavy atom. The molecule has 0 bridgehead atoms. The second-order valence-corrected chi connectivity index (χ2v) is 7.63. The van der Waals surface area contributed by atoms with E-state index in [9.17, 15) is 14.0 Å². The SMILES string of the molecule is C=C(c1ccc(-c2cncnc2)cc1)N1CC[C@](CCC=O)(c2ccc(F)cc2)OC1=O. The topological polar surface area (TPSA) is 72.4 Å². The Kier molecular flexibility index (Phi) is 6.07. The monoisotopic (exact) mass is 431 g/mol. The molecule has 0 unspecified atom stereocenters. The highest BCUT2D eigenvalue weighted by Crippen LogP contribution is 2.40. The van der Waals surface area contributed by atoms with Crippen molar-refractivity contribution in [3.05, 3.63) is 90.8 Å². The lowest BCUT2D eigenvalue weighted by Crippen LogP contribution is -2.47. The van der Waals surface area contributed by atoms with Crippen molar-refractivity contribution in [1.82, 2.24) is 14.9 Å². The van der Waals surface area contributed by atoms with Gasteiger partial charge in [-0.05, 0) is 35.2 Å². The number of amides is 1. The van der Waals surface area contributed by atoms with Crippen molar-refractivity contribution in [2.24, 2.45) is 0 Å². The molecule has 0 aliphatic carbocycles. The number of carbonyl (C=O) groups excluding carboxylic acids is 2. The zero-order valence-electron chi connectivity index (χ0n) is 17.4. The third kappa shape index (κ3) is 4.27. The minimum Gasteiger partial charge on any atom is -0.438 e. The summed E-state index contributed by atoms with van der Waals surface area (Å²) in [5, 5.41) is 0. The summed E-state index contributed by atoms with van der Waals surface area (Å²) in [5.74, 6) is -0.373. The molecule has 2 aromatic carbocycles. The first kappa shape index (κ1) is 21.4. The van der Waals surface area contributed by atoms with Crippen molar-refractivity contribution in [3.63, 3.8) is 0 Å². The van der Waals surface area contributed by atoms with Crippen molar-refractivity contribution < 1.29 is 18.7 Å². The maximum absolute atomic E-state index is 13.4. The van der Waals surface area contributed by atoms with Gasteiger partial charge in [-0.3, -0.25) is 4.90 Å². The molecule has 3 aromatic rings. The molecule has 1 aromatic heterocycles. The van der Waals surface area contributed by atoms with Crippen LogP contribution >= 0.6 is 0 Å². The molecule has 7 heteroatoms. The quantitative estimate of drug-likeness (QED) is 0.494. The van der Waals surface area contributed by atoms with Crippen LogP contribution in [0.4, 0.5) is 9.18 Å². The van der Waals surface area contributed by atoms with Crippen molar-refractivity contribution in [2.45, 2.75) is 24.9 Å². The summed E-state index contributed by atoms with van der Waals surface area (Å²) in [4.78, 5) is 33.5. The predicted molar refractivity (Wildman–Crippen MR) is 118 cm³/mol. The summed E-state index contributed by atoms with van der Waals surface area (Å²) >= 11 is 0. The van der Waals surface area contributed by atoms with Crippen molar-refractivity contribution in [1.29, 1.82) is 0 Å². The third-order valence-corrected chi connectivity index (χ3v) is 5.72. The molecule has 1 atom stereocenters. The molecule has 2 heterocycles. The summed E-state index contributed by atoms with van der Waals surface area (Å²) in [6, 6.07) is 13.5. The fraction of sp³-hybridized carbons (Fsp3) is 0.200. The van der Waals surface area contributed by atoms with Crippen LogP contribution in [0.5, 0.6) is 0 Å². The van der Waals surface area contributed by atoms with Gasteiger partial charge in [-0.15, -0.1) is 0 Å². The average molecular weight is 431 g/mol. The van der Waals surface area contributed by atoms with Gasteiger partial charge in [0.25, 0.3) is 0 Å². The van der Waals surface area contributed by atoms with E-state index in [1.54, 1.807) is 24.5 Å². The van der Waals surface area contributed by atoms with E-state index in [0.29, 0.717) is 30.6 Å². The first-order valence-electron chi connectivity index (χ1n) is 10.3. The summed E-state index contributed by atoms with van der Waals surface area (Å²) in [6.07, 6.45) is 6.21. The molecule has 0 saturated carbocycles. The van der Waals surface area contributed by atoms with E-state index < -0.39 is 11.7 Å². The summed E-state index contributed by atoms with van der Waals surface area (Å²) in [6.45, 7) is 4.45. The standard InChI is InChI=1S/C25H22FN3O3/c1-18(19-3-5-20(6-4-19)21-15-27-17-28-16-21)29-13-12-25(11-2-14-30,32-24(29)31)22-7-9-23(26)10-8-22/h3-10,14-17H,1-2,11-13H2/t25-/m1/s1. The van der Waals surface area contributed by atoms with Gasteiger partial charge in [0.1, 0.15) is 24.0 Å². The second-order valence-electron chi connectivity index (χ2n) is 7.63. The number of hydrogen-bond donors (Lipinski definition) is 0. The van der Waals surface area contributed by atoms with Crippen molar-refractivity contribution in [2.75, 3.05) is 6.54 Å². The van der Waals surface area contributed by atoms with E-state index in [1.165, 1.54) is 23.4 Å². The summed E-state index contributed by atoms with van der Waals surface area (Å²) < 4.78 is 19.3. The van der Waals surface area contributed by atoms with Crippen LogP contribution in [0, 0.1) is 5.82 Å². The number of rotatable bonds is 7. The minimum absolute atomic E-state index is 0.232. The zero-order chi connectivity index (χ0) is 22.6. The summed E-state index contributed by atoms with van der Waals surface area (Å²) in [5.41, 5.74) is 2.85. The average Bonchev–Trinajstić information content (AvgIpc) is 2.83. The van der Waals surface area contributed by atoms with Crippen LogP contribution in [0.2, 0.25) is 0 Å². The van der Waals surface area contributed by atoms with Crippen molar-refractivity contribution >= 4 is 18.1 Å².